The maximum Gasteiger partial charge on any atom is 0.389 e. The summed E-state index contributed by atoms with van der Waals surface area (Å²) in [7, 11) is 0. The van der Waals surface area contributed by atoms with Gasteiger partial charge in [-0.15, -0.1) is 0 Å². The lowest BCUT2D eigenvalue weighted by atomic mass is 10.1. The molecule has 7 heteroatoms. The van der Waals surface area contributed by atoms with Crippen LogP contribution in [0.5, 0.6) is 0 Å². The molecule has 3 N–H and O–H groups in total. The topological polar surface area (TPSA) is 55.1 Å². The predicted octanol–water partition coefficient (Wildman–Crippen LogP) is 1.51. The van der Waals surface area contributed by atoms with E-state index in [0.29, 0.717) is 0 Å². The molecule has 0 spiro atoms. The Labute approximate surface area is 91.2 Å². The van der Waals surface area contributed by atoms with Crippen molar-refractivity contribution in [3.8, 4) is 0 Å². The average Bonchev–Trinajstić information content (AvgIpc) is 1.98. The van der Waals surface area contributed by atoms with Crippen LogP contribution in [0.3, 0.4) is 0 Å². The first-order chi connectivity index (χ1) is 6.54. The molecule has 15 heavy (non-hydrogen) atoms. The summed E-state index contributed by atoms with van der Waals surface area (Å²) in [6.07, 6.45) is -6.09. The van der Waals surface area contributed by atoms with Crippen molar-refractivity contribution >= 4 is 23.1 Å². The molecule has 0 aromatic heterocycles. The van der Waals surface area contributed by atoms with Crippen LogP contribution in [-0.4, -0.2) is 22.6 Å². The van der Waals surface area contributed by atoms with Gasteiger partial charge in [-0.2, -0.15) is 13.2 Å². The van der Waals surface area contributed by atoms with E-state index in [0.717, 1.165) is 0 Å². The summed E-state index contributed by atoms with van der Waals surface area (Å²) in [6, 6.07) is 0. The average molecular weight is 242 g/mol. The molecule has 0 saturated heterocycles. The van der Waals surface area contributed by atoms with Crippen molar-refractivity contribution in [2.24, 2.45) is 5.73 Å². The molecular formula is C8H13F3N2OS. The Balaban J connectivity index is 4.11. The first kappa shape index (κ1) is 14.2. The van der Waals surface area contributed by atoms with E-state index in [9.17, 15) is 18.0 Å². The molecule has 0 aliphatic heterocycles. The van der Waals surface area contributed by atoms with Gasteiger partial charge in [0, 0.05) is 6.42 Å². The molecule has 0 bridgehead atoms. The van der Waals surface area contributed by atoms with Gasteiger partial charge in [-0.25, -0.2) is 0 Å². The van der Waals surface area contributed by atoms with Gasteiger partial charge in [-0.05, 0) is 13.8 Å². The number of halogens is 3. The molecule has 0 heterocycles. The molecule has 3 nitrogen and oxygen atoms in total. The fraction of sp³-hybridized carbons (Fsp3) is 0.750. The fourth-order valence-electron chi connectivity index (χ4n) is 0.728. The third kappa shape index (κ3) is 6.27. The Morgan fingerprint density at radius 1 is 1.40 bits per heavy atom. The maximum atomic E-state index is 11.8. The highest BCUT2D eigenvalue weighted by atomic mass is 32.1. The number of hydrogen-bond acceptors (Lipinski definition) is 2. The molecular weight excluding hydrogens is 229 g/mol. The number of rotatable bonds is 4. The summed E-state index contributed by atoms with van der Waals surface area (Å²) >= 11 is 4.65. The van der Waals surface area contributed by atoms with Gasteiger partial charge >= 0.3 is 6.18 Å². The molecule has 0 aliphatic rings. The molecule has 1 amide bonds. The van der Waals surface area contributed by atoms with Crippen molar-refractivity contribution in [1.82, 2.24) is 5.32 Å². The third-order valence-corrected chi connectivity index (χ3v) is 2.21. The Morgan fingerprint density at radius 2 is 1.87 bits per heavy atom. The zero-order chi connectivity index (χ0) is 12.3. The minimum Gasteiger partial charge on any atom is -0.391 e. The molecule has 0 fully saturated rings. The Bertz CT molecular complexity index is 263. The van der Waals surface area contributed by atoms with Crippen LogP contribution in [0.2, 0.25) is 0 Å². The molecule has 0 aliphatic carbocycles. The van der Waals surface area contributed by atoms with E-state index in [1.807, 2.05) is 0 Å². The van der Waals surface area contributed by atoms with Crippen molar-refractivity contribution in [1.29, 1.82) is 0 Å². The molecule has 0 atom stereocenters. The number of hydrogen-bond donors (Lipinski definition) is 2. The third-order valence-electron chi connectivity index (χ3n) is 1.70. The van der Waals surface area contributed by atoms with Gasteiger partial charge in [0.05, 0.1) is 16.9 Å². The minimum atomic E-state index is -4.33. The first-order valence-electron chi connectivity index (χ1n) is 4.22. The highest BCUT2D eigenvalue weighted by molar-refractivity contribution is 7.80. The minimum absolute atomic E-state index is 0.0304. The van der Waals surface area contributed by atoms with Crippen molar-refractivity contribution in [2.75, 3.05) is 0 Å². The summed E-state index contributed by atoms with van der Waals surface area (Å²) in [4.78, 5) is 11.1. The lowest BCUT2D eigenvalue weighted by Crippen LogP contribution is -2.52. The van der Waals surface area contributed by atoms with Crippen LogP contribution in [0.25, 0.3) is 0 Å². The predicted molar refractivity (Wildman–Crippen MR) is 54.3 cm³/mol. The molecule has 0 radical (unpaired) electrons. The Hall–Kier alpha value is -0.850. The van der Waals surface area contributed by atoms with Gasteiger partial charge in [0.15, 0.2) is 0 Å². The summed E-state index contributed by atoms with van der Waals surface area (Å²) in [6.45, 7) is 3.06. The normalized spacial score (nSPS) is 12.3. The number of amides is 1. The standard InChI is InChI=1S/C8H13F3N2OS/c1-7(2,6(12)15)13-5(14)3-4-8(9,10)11/h3-4H2,1-2H3,(H2,12,15)(H,13,14). The van der Waals surface area contributed by atoms with Crippen LogP contribution >= 0.6 is 12.2 Å². The van der Waals surface area contributed by atoms with Crippen LogP contribution in [0.1, 0.15) is 26.7 Å². The molecule has 0 saturated carbocycles. The fourth-order valence-corrected chi connectivity index (χ4v) is 0.779. The quantitative estimate of drug-likeness (QED) is 0.735. The lowest BCUT2D eigenvalue weighted by Gasteiger charge is -2.24. The highest BCUT2D eigenvalue weighted by Crippen LogP contribution is 2.21. The van der Waals surface area contributed by atoms with Gasteiger partial charge in [-0.1, -0.05) is 12.2 Å². The van der Waals surface area contributed by atoms with Crippen molar-refractivity contribution in [3.05, 3.63) is 0 Å². The lowest BCUT2D eigenvalue weighted by molar-refractivity contribution is -0.144. The molecule has 0 unspecified atom stereocenters. The van der Waals surface area contributed by atoms with Crippen LogP contribution in [0.4, 0.5) is 13.2 Å². The van der Waals surface area contributed by atoms with E-state index in [1.54, 1.807) is 0 Å². The molecule has 0 aromatic carbocycles. The number of alkyl halides is 3. The Morgan fingerprint density at radius 3 is 2.20 bits per heavy atom. The molecule has 88 valence electrons. The monoisotopic (exact) mass is 242 g/mol. The molecule has 0 aromatic rings. The summed E-state index contributed by atoms with van der Waals surface area (Å²) in [5, 5.41) is 2.32. The second-order valence-electron chi connectivity index (χ2n) is 3.65. The maximum absolute atomic E-state index is 11.8. The van der Waals surface area contributed by atoms with E-state index < -0.39 is 30.5 Å². The van der Waals surface area contributed by atoms with Crippen molar-refractivity contribution in [2.45, 2.75) is 38.4 Å². The number of nitrogens with two attached hydrogens (primary N) is 1. The zero-order valence-electron chi connectivity index (χ0n) is 8.44. The van der Waals surface area contributed by atoms with Gasteiger partial charge in [0.2, 0.25) is 5.91 Å². The first-order valence-corrected chi connectivity index (χ1v) is 4.63. The van der Waals surface area contributed by atoms with Crippen molar-refractivity contribution < 1.29 is 18.0 Å². The van der Waals surface area contributed by atoms with Crippen LogP contribution < -0.4 is 11.1 Å². The van der Waals surface area contributed by atoms with E-state index in [-0.39, 0.29) is 4.99 Å². The number of nitrogens with one attached hydrogen (secondary N) is 1. The second kappa shape index (κ2) is 4.78. The number of thiocarbonyl (C=S) groups is 1. The van der Waals surface area contributed by atoms with Crippen molar-refractivity contribution in [3.63, 3.8) is 0 Å². The largest absolute Gasteiger partial charge is 0.391 e. The van der Waals surface area contributed by atoms with E-state index >= 15 is 0 Å². The molecule has 0 rings (SSSR count). The smallest absolute Gasteiger partial charge is 0.389 e. The van der Waals surface area contributed by atoms with Gasteiger partial charge in [-0.3, -0.25) is 4.79 Å². The summed E-state index contributed by atoms with van der Waals surface area (Å²) in [5.74, 6) is -0.717. The van der Waals surface area contributed by atoms with Gasteiger partial charge in [0.1, 0.15) is 0 Å². The van der Waals surface area contributed by atoms with E-state index in [2.05, 4.69) is 17.5 Å². The van der Waals surface area contributed by atoms with E-state index in [1.165, 1.54) is 13.8 Å². The van der Waals surface area contributed by atoms with Crippen LogP contribution in [-0.2, 0) is 4.79 Å². The van der Waals surface area contributed by atoms with Crippen LogP contribution in [0.15, 0.2) is 0 Å². The zero-order valence-corrected chi connectivity index (χ0v) is 9.26. The highest BCUT2D eigenvalue weighted by Gasteiger charge is 2.30. The second-order valence-corrected chi connectivity index (χ2v) is 4.09. The Kier molecular flexibility index (Phi) is 4.51. The summed E-state index contributed by atoms with van der Waals surface area (Å²) < 4.78 is 35.3. The summed E-state index contributed by atoms with van der Waals surface area (Å²) in [5.41, 5.74) is 4.33. The van der Waals surface area contributed by atoms with E-state index in [4.69, 9.17) is 5.73 Å². The van der Waals surface area contributed by atoms with Crippen LogP contribution in [0, 0.1) is 0 Å². The number of carbonyl (C=O) groups excluding carboxylic acids is 1. The van der Waals surface area contributed by atoms with Gasteiger partial charge < -0.3 is 11.1 Å². The number of carbonyl (C=O) groups is 1. The van der Waals surface area contributed by atoms with Gasteiger partial charge in [0.25, 0.3) is 0 Å². The SMILES string of the molecule is CC(C)(NC(=O)CCC(F)(F)F)C(N)=S.